The highest BCUT2D eigenvalue weighted by molar-refractivity contribution is 7.13. The second kappa shape index (κ2) is 8.14. The van der Waals surface area contributed by atoms with E-state index in [4.69, 9.17) is 16.3 Å². The fourth-order valence-corrected chi connectivity index (χ4v) is 4.04. The first-order valence-electron chi connectivity index (χ1n) is 8.84. The van der Waals surface area contributed by atoms with Gasteiger partial charge in [-0.2, -0.15) is 0 Å². The van der Waals surface area contributed by atoms with E-state index in [1.54, 1.807) is 35.7 Å². The summed E-state index contributed by atoms with van der Waals surface area (Å²) in [6.45, 7) is -0.0431. The molecule has 3 aromatic rings. The van der Waals surface area contributed by atoms with Crippen LogP contribution >= 0.6 is 22.9 Å². The van der Waals surface area contributed by atoms with Crippen LogP contribution in [0.2, 0.25) is 5.02 Å². The van der Waals surface area contributed by atoms with E-state index in [0.717, 1.165) is 15.5 Å². The van der Waals surface area contributed by atoms with Gasteiger partial charge in [0.15, 0.2) is 0 Å². The number of imide groups is 1. The summed E-state index contributed by atoms with van der Waals surface area (Å²) < 4.78 is 5.20. The van der Waals surface area contributed by atoms with E-state index in [9.17, 15) is 14.4 Å². The molecule has 0 aliphatic carbocycles. The SMILES string of the molecule is O=C(Cc1csc(-c2cccc(Cl)c2)n1)OCCN1C(=O)c2ccccc2C1=O. The number of hydrogen-bond donors (Lipinski definition) is 0. The maximum absolute atomic E-state index is 12.3. The van der Waals surface area contributed by atoms with Crippen LogP contribution in [0.25, 0.3) is 10.6 Å². The minimum absolute atomic E-state index is 0.0131. The number of nitrogens with zero attached hydrogens (tertiary/aromatic N) is 2. The van der Waals surface area contributed by atoms with Crippen LogP contribution in [-0.4, -0.2) is 40.8 Å². The van der Waals surface area contributed by atoms with Crippen molar-refractivity contribution in [2.24, 2.45) is 0 Å². The van der Waals surface area contributed by atoms with Crippen LogP contribution in [-0.2, 0) is 16.0 Å². The average Bonchev–Trinajstić information content (AvgIpc) is 3.27. The molecule has 0 atom stereocenters. The molecule has 2 heterocycles. The zero-order valence-corrected chi connectivity index (χ0v) is 16.7. The van der Waals surface area contributed by atoms with Crippen molar-refractivity contribution >= 4 is 40.7 Å². The van der Waals surface area contributed by atoms with E-state index in [1.807, 2.05) is 18.2 Å². The summed E-state index contributed by atoms with van der Waals surface area (Å²) in [7, 11) is 0. The average molecular weight is 427 g/mol. The van der Waals surface area contributed by atoms with Crippen LogP contribution in [0, 0.1) is 0 Å². The fourth-order valence-electron chi connectivity index (χ4n) is 3.03. The summed E-state index contributed by atoms with van der Waals surface area (Å²) in [5.74, 6) is -1.20. The summed E-state index contributed by atoms with van der Waals surface area (Å²) in [6.07, 6.45) is 0.0131. The number of esters is 1. The van der Waals surface area contributed by atoms with Crippen LogP contribution < -0.4 is 0 Å². The molecule has 1 aliphatic rings. The summed E-state index contributed by atoms with van der Waals surface area (Å²) >= 11 is 7.41. The van der Waals surface area contributed by atoms with Crippen molar-refractivity contribution in [3.05, 3.63) is 75.8 Å². The first-order chi connectivity index (χ1) is 14.0. The molecule has 0 N–H and O–H groups in total. The largest absolute Gasteiger partial charge is 0.463 e. The van der Waals surface area contributed by atoms with Gasteiger partial charge in [0.25, 0.3) is 11.8 Å². The Bertz CT molecular complexity index is 1080. The number of amides is 2. The Kier molecular flexibility index (Phi) is 5.42. The van der Waals surface area contributed by atoms with Crippen LogP contribution in [0.1, 0.15) is 26.4 Å². The predicted octanol–water partition coefficient (Wildman–Crippen LogP) is 3.85. The second-order valence-corrected chi connectivity index (χ2v) is 7.65. The lowest BCUT2D eigenvalue weighted by Crippen LogP contribution is -2.33. The highest BCUT2D eigenvalue weighted by atomic mass is 35.5. The van der Waals surface area contributed by atoms with E-state index in [1.165, 1.54) is 11.3 Å². The maximum atomic E-state index is 12.3. The van der Waals surface area contributed by atoms with Gasteiger partial charge in [0.05, 0.1) is 29.8 Å². The Labute approximate surface area is 175 Å². The summed E-state index contributed by atoms with van der Waals surface area (Å²) in [6, 6.07) is 14.0. The number of carbonyl (C=O) groups excluding carboxylic acids is 3. The minimum Gasteiger partial charge on any atom is -0.463 e. The first kappa shape index (κ1) is 19.3. The van der Waals surface area contributed by atoms with E-state index in [-0.39, 0.29) is 31.4 Å². The molecule has 8 heteroatoms. The number of fused-ring (bicyclic) bond motifs is 1. The molecule has 0 radical (unpaired) electrons. The number of carbonyl (C=O) groups is 3. The predicted molar refractivity (Wildman–Crippen MR) is 109 cm³/mol. The van der Waals surface area contributed by atoms with E-state index < -0.39 is 5.97 Å². The molecule has 6 nitrogen and oxygen atoms in total. The second-order valence-electron chi connectivity index (χ2n) is 6.36. The Hall–Kier alpha value is -3.03. The van der Waals surface area contributed by atoms with E-state index >= 15 is 0 Å². The van der Waals surface area contributed by atoms with E-state index in [0.29, 0.717) is 21.8 Å². The van der Waals surface area contributed by atoms with Crippen LogP contribution in [0.15, 0.2) is 53.9 Å². The van der Waals surface area contributed by atoms with Crippen LogP contribution in [0.5, 0.6) is 0 Å². The molecule has 1 aromatic heterocycles. The molecule has 0 unspecified atom stereocenters. The maximum Gasteiger partial charge on any atom is 0.311 e. The standard InChI is InChI=1S/C21H15ClN2O4S/c22-14-5-3-4-13(10-14)19-23-15(12-29-19)11-18(25)28-9-8-24-20(26)16-6-1-2-7-17(16)21(24)27/h1-7,10,12H,8-9,11H2. The molecule has 0 saturated carbocycles. The zero-order valence-electron chi connectivity index (χ0n) is 15.1. The fraction of sp³-hybridized carbons (Fsp3) is 0.143. The van der Waals surface area contributed by atoms with Crippen LogP contribution in [0.3, 0.4) is 0 Å². The van der Waals surface area contributed by atoms with Gasteiger partial charge in [0.1, 0.15) is 11.6 Å². The monoisotopic (exact) mass is 426 g/mol. The lowest BCUT2D eigenvalue weighted by atomic mass is 10.1. The lowest BCUT2D eigenvalue weighted by Gasteiger charge is -2.13. The Morgan fingerprint density at radius 2 is 1.79 bits per heavy atom. The van der Waals surface area contributed by atoms with E-state index in [2.05, 4.69) is 4.98 Å². The van der Waals surface area contributed by atoms with Crippen molar-refractivity contribution in [3.8, 4) is 10.6 Å². The molecular formula is C21H15ClN2O4S. The lowest BCUT2D eigenvalue weighted by molar-refractivity contribution is -0.143. The number of benzene rings is 2. The third-order valence-electron chi connectivity index (χ3n) is 4.40. The van der Waals surface area contributed by atoms with Gasteiger partial charge in [-0.3, -0.25) is 19.3 Å². The van der Waals surface area contributed by atoms with Gasteiger partial charge in [-0.05, 0) is 24.3 Å². The highest BCUT2D eigenvalue weighted by Crippen LogP contribution is 2.26. The third kappa shape index (κ3) is 4.06. The van der Waals surface area contributed by atoms with Crippen molar-refractivity contribution < 1.29 is 19.1 Å². The molecule has 29 heavy (non-hydrogen) atoms. The number of halogens is 1. The molecule has 146 valence electrons. The normalized spacial score (nSPS) is 12.9. The van der Waals surface area contributed by atoms with Crippen molar-refractivity contribution in [2.75, 3.05) is 13.2 Å². The molecule has 4 rings (SSSR count). The topological polar surface area (TPSA) is 76.6 Å². The third-order valence-corrected chi connectivity index (χ3v) is 5.58. The summed E-state index contributed by atoms with van der Waals surface area (Å²) in [5.41, 5.74) is 2.23. The van der Waals surface area contributed by atoms with Gasteiger partial charge in [-0.1, -0.05) is 35.9 Å². The van der Waals surface area contributed by atoms with Crippen molar-refractivity contribution in [2.45, 2.75) is 6.42 Å². The smallest absolute Gasteiger partial charge is 0.311 e. The van der Waals surface area contributed by atoms with Gasteiger partial charge < -0.3 is 4.74 Å². The summed E-state index contributed by atoms with van der Waals surface area (Å²) in [5, 5.41) is 3.18. The van der Waals surface area contributed by atoms with Gasteiger partial charge in [0, 0.05) is 16.0 Å². The number of hydrogen-bond acceptors (Lipinski definition) is 6. The number of ether oxygens (including phenoxy) is 1. The van der Waals surface area contributed by atoms with Gasteiger partial charge >= 0.3 is 5.97 Å². The molecule has 0 fully saturated rings. The number of rotatable bonds is 6. The van der Waals surface area contributed by atoms with Crippen molar-refractivity contribution in [1.82, 2.24) is 9.88 Å². The summed E-state index contributed by atoms with van der Waals surface area (Å²) in [4.78, 5) is 42.2. The first-order valence-corrected chi connectivity index (χ1v) is 10.1. The number of thiazole rings is 1. The molecule has 0 bridgehead atoms. The Morgan fingerprint density at radius 3 is 2.48 bits per heavy atom. The zero-order chi connectivity index (χ0) is 20.4. The molecule has 2 aromatic carbocycles. The van der Waals surface area contributed by atoms with Gasteiger partial charge in [0.2, 0.25) is 0 Å². The van der Waals surface area contributed by atoms with Crippen molar-refractivity contribution in [3.63, 3.8) is 0 Å². The quantitative estimate of drug-likeness (QED) is 0.442. The van der Waals surface area contributed by atoms with Crippen molar-refractivity contribution in [1.29, 1.82) is 0 Å². The molecule has 0 saturated heterocycles. The Morgan fingerprint density at radius 1 is 1.07 bits per heavy atom. The number of aromatic nitrogens is 1. The molecule has 0 spiro atoms. The minimum atomic E-state index is -0.468. The van der Waals surface area contributed by atoms with Gasteiger partial charge in [-0.15, -0.1) is 11.3 Å². The highest BCUT2D eigenvalue weighted by Gasteiger charge is 2.34. The Balaban J connectivity index is 1.30. The van der Waals surface area contributed by atoms with Gasteiger partial charge in [-0.25, -0.2) is 4.98 Å². The van der Waals surface area contributed by atoms with Crippen LogP contribution in [0.4, 0.5) is 0 Å². The molecular weight excluding hydrogens is 412 g/mol. The molecule has 1 aliphatic heterocycles. The molecule has 2 amide bonds.